The summed E-state index contributed by atoms with van der Waals surface area (Å²) in [6, 6.07) is 14.5. The number of carbonyl (C=O) groups excluding carboxylic acids is 2. The summed E-state index contributed by atoms with van der Waals surface area (Å²) in [5.41, 5.74) is 3.07. The van der Waals surface area contributed by atoms with Crippen LogP contribution in [0.4, 0.5) is 5.69 Å². The number of hydrogen-bond acceptors (Lipinski definition) is 3. The predicted molar refractivity (Wildman–Crippen MR) is 90.5 cm³/mol. The SMILES string of the molecule is C#CCN(C1=CC(=O)c2ccccc2C1=O)c1ccc(C)cc1. The van der Waals surface area contributed by atoms with Crippen LogP contribution in [0.2, 0.25) is 0 Å². The molecule has 0 saturated heterocycles. The summed E-state index contributed by atoms with van der Waals surface area (Å²) in [6.45, 7) is 2.20. The lowest BCUT2D eigenvalue weighted by Gasteiger charge is -2.27. The molecule has 0 N–H and O–H groups in total. The van der Waals surface area contributed by atoms with Gasteiger partial charge in [-0.3, -0.25) is 9.59 Å². The van der Waals surface area contributed by atoms with Crippen LogP contribution >= 0.6 is 0 Å². The normalized spacial score (nSPS) is 13.1. The molecule has 0 aromatic heterocycles. The fourth-order valence-corrected chi connectivity index (χ4v) is 2.63. The van der Waals surface area contributed by atoms with E-state index in [4.69, 9.17) is 6.42 Å². The number of anilines is 1. The minimum atomic E-state index is -0.184. The third-order valence-corrected chi connectivity index (χ3v) is 3.82. The molecule has 0 bridgehead atoms. The topological polar surface area (TPSA) is 37.4 Å². The van der Waals surface area contributed by atoms with E-state index in [0.29, 0.717) is 16.8 Å². The third kappa shape index (κ3) is 2.67. The number of nitrogens with zero attached hydrogens (tertiary/aromatic N) is 1. The molecule has 0 saturated carbocycles. The molecule has 0 aliphatic heterocycles. The molecule has 0 fully saturated rings. The molecule has 2 aromatic carbocycles. The molecule has 2 aromatic rings. The third-order valence-electron chi connectivity index (χ3n) is 3.82. The van der Waals surface area contributed by atoms with Gasteiger partial charge in [-0.25, -0.2) is 0 Å². The molecule has 3 rings (SSSR count). The van der Waals surface area contributed by atoms with Crippen LogP contribution in [0.15, 0.2) is 60.3 Å². The van der Waals surface area contributed by atoms with Crippen molar-refractivity contribution in [2.75, 3.05) is 11.4 Å². The molecule has 3 heteroatoms. The largest absolute Gasteiger partial charge is 0.326 e. The van der Waals surface area contributed by atoms with E-state index in [0.717, 1.165) is 11.3 Å². The molecule has 0 atom stereocenters. The summed E-state index contributed by atoms with van der Waals surface area (Å²) >= 11 is 0. The Kier molecular flexibility index (Phi) is 3.82. The van der Waals surface area contributed by atoms with E-state index in [2.05, 4.69) is 5.92 Å². The smallest absolute Gasteiger partial charge is 0.210 e. The second-order valence-corrected chi connectivity index (χ2v) is 5.39. The number of Topliss-reactive ketones (excluding diaryl/α,β-unsaturated/α-hetero) is 1. The van der Waals surface area contributed by atoms with Crippen molar-refractivity contribution in [3.05, 3.63) is 77.0 Å². The molecule has 0 amide bonds. The maximum Gasteiger partial charge on any atom is 0.210 e. The molecule has 0 spiro atoms. The van der Waals surface area contributed by atoms with Gasteiger partial charge in [-0.2, -0.15) is 0 Å². The summed E-state index contributed by atoms with van der Waals surface area (Å²) in [7, 11) is 0. The van der Waals surface area contributed by atoms with Gasteiger partial charge < -0.3 is 4.90 Å². The number of rotatable bonds is 3. The number of benzene rings is 2. The Morgan fingerprint density at radius 2 is 1.65 bits per heavy atom. The highest BCUT2D eigenvalue weighted by atomic mass is 16.1. The van der Waals surface area contributed by atoms with Gasteiger partial charge >= 0.3 is 0 Å². The van der Waals surface area contributed by atoms with E-state index in [1.165, 1.54) is 6.08 Å². The Morgan fingerprint density at radius 1 is 1.00 bits per heavy atom. The number of aryl methyl sites for hydroxylation is 1. The van der Waals surface area contributed by atoms with Gasteiger partial charge in [0.2, 0.25) is 5.78 Å². The number of terminal acetylenes is 1. The average Bonchev–Trinajstić information content (AvgIpc) is 2.57. The Bertz CT molecular complexity index is 854. The minimum absolute atomic E-state index is 0.177. The standard InChI is InChI=1S/C20H15NO2/c1-3-12-21(15-10-8-14(2)9-11-15)18-13-19(22)16-6-4-5-7-17(16)20(18)23/h1,4-11,13H,12H2,2H3. The highest BCUT2D eigenvalue weighted by molar-refractivity contribution is 6.25. The van der Waals surface area contributed by atoms with Crippen molar-refractivity contribution in [3.8, 4) is 12.3 Å². The summed E-state index contributed by atoms with van der Waals surface area (Å²) in [5, 5.41) is 0. The highest BCUT2D eigenvalue weighted by Gasteiger charge is 2.29. The Morgan fingerprint density at radius 3 is 2.30 bits per heavy atom. The van der Waals surface area contributed by atoms with E-state index >= 15 is 0 Å². The second-order valence-electron chi connectivity index (χ2n) is 5.39. The summed E-state index contributed by atoms with van der Waals surface area (Å²) in [6.07, 6.45) is 6.84. The van der Waals surface area contributed by atoms with E-state index in [9.17, 15) is 9.59 Å². The van der Waals surface area contributed by atoms with E-state index in [-0.39, 0.29) is 18.1 Å². The molecule has 0 unspecified atom stereocenters. The predicted octanol–water partition coefficient (Wildman–Crippen LogP) is 3.40. The first kappa shape index (κ1) is 14.8. The van der Waals surface area contributed by atoms with Gasteiger partial charge in [0, 0.05) is 22.9 Å². The van der Waals surface area contributed by atoms with Crippen molar-refractivity contribution >= 4 is 17.3 Å². The average molecular weight is 301 g/mol. The van der Waals surface area contributed by atoms with Crippen molar-refractivity contribution in [1.82, 2.24) is 0 Å². The van der Waals surface area contributed by atoms with Crippen LogP contribution < -0.4 is 4.90 Å². The molecule has 0 radical (unpaired) electrons. The maximum atomic E-state index is 12.8. The van der Waals surface area contributed by atoms with Crippen LogP contribution in [0.3, 0.4) is 0 Å². The van der Waals surface area contributed by atoms with Gasteiger partial charge in [0.1, 0.15) is 0 Å². The maximum absolute atomic E-state index is 12.8. The van der Waals surface area contributed by atoms with Crippen LogP contribution in [0.5, 0.6) is 0 Å². The zero-order chi connectivity index (χ0) is 16.4. The first-order valence-corrected chi connectivity index (χ1v) is 7.29. The fourth-order valence-electron chi connectivity index (χ4n) is 2.63. The Balaban J connectivity index is 2.08. The number of fused-ring (bicyclic) bond motifs is 1. The van der Waals surface area contributed by atoms with Crippen LogP contribution in [-0.2, 0) is 0 Å². The highest BCUT2D eigenvalue weighted by Crippen LogP contribution is 2.27. The van der Waals surface area contributed by atoms with Crippen LogP contribution in [0.25, 0.3) is 0 Å². The summed E-state index contributed by atoms with van der Waals surface area (Å²) in [5.74, 6) is 2.20. The summed E-state index contributed by atoms with van der Waals surface area (Å²) < 4.78 is 0. The van der Waals surface area contributed by atoms with Crippen molar-refractivity contribution < 1.29 is 9.59 Å². The zero-order valence-corrected chi connectivity index (χ0v) is 12.7. The van der Waals surface area contributed by atoms with Gasteiger partial charge in [-0.1, -0.05) is 47.9 Å². The number of allylic oxidation sites excluding steroid dienone is 2. The number of carbonyl (C=O) groups is 2. The Labute approximate surface area is 135 Å². The van der Waals surface area contributed by atoms with Gasteiger partial charge in [-0.15, -0.1) is 6.42 Å². The van der Waals surface area contributed by atoms with Crippen molar-refractivity contribution in [2.24, 2.45) is 0 Å². The molecule has 23 heavy (non-hydrogen) atoms. The molecule has 3 nitrogen and oxygen atoms in total. The van der Waals surface area contributed by atoms with Crippen LogP contribution in [0.1, 0.15) is 26.3 Å². The van der Waals surface area contributed by atoms with Crippen molar-refractivity contribution in [2.45, 2.75) is 6.92 Å². The van der Waals surface area contributed by atoms with Crippen molar-refractivity contribution in [3.63, 3.8) is 0 Å². The van der Waals surface area contributed by atoms with Gasteiger partial charge in [0.15, 0.2) is 5.78 Å². The first-order valence-electron chi connectivity index (χ1n) is 7.29. The van der Waals surface area contributed by atoms with Crippen molar-refractivity contribution in [1.29, 1.82) is 0 Å². The minimum Gasteiger partial charge on any atom is -0.326 e. The van der Waals surface area contributed by atoms with Crippen LogP contribution in [0, 0.1) is 19.3 Å². The van der Waals surface area contributed by atoms with E-state index in [1.54, 1.807) is 29.2 Å². The Hall–Kier alpha value is -3.12. The fraction of sp³-hybridized carbons (Fsp3) is 0.100. The quantitative estimate of drug-likeness (QED) is 0.815. The first-order chi connectivity index (χ1) is 11.1. The van der Waals surface area contributed by atoms with Gasteiger partial charge in [0.25, 0.3) is 0 Å². The molecular formula is C20H15NO2. The molecular weight excluding hydrogens is 286 g/mol. The molecule has 0 heterocycles. The van der Waals surface area contributed by atoms with Crippen LogP contribution in [-0.4, -0.2) is 18.1 Å². The van der Waals surface area contributed by atoms with E-state index in [1.807, 2.05) is 31.2 Å². The molecule has 1 aliphatic rings. The number of ketones is 2. The lowest BCUT2D eigenvalue weighted by molar-refractivity contribution is 0.0982. The van der Waals surface area contributed by atoms with Gasteiger partial charge in [0.05, 0.1) is 12.2 Å². The second kappa shape index (κ2) is 5.94. The lowest BCUT2D eigenvalue weighted by atomic mass is 9.92. The number of hydrogen-bond donors (Lipinski definition) is 0. The van der Waals surface area contributed by atoms with E-state index < -0.39 is 0 Å². The summed E-state index contributed by atoms with van der Waals surface area (Å²) in [4.78, 5) is 26.8. The van der Waals surface area contributed by atoms with Gasteiger partial charge in [-0.05, 0) is 19.1 Å². The monoisotopic (exact) mass is 301 g/mol. The lowest BCUT2D eigenvalue weighted by Crippen LogP contribution is -2.32. The molecule has 112 valence electrons. The zero-order valence-electron chi connectivity index (χ0n) is 12.7. The molecule has 1 aliphatic carbocycles.